The van der Waals surface area contributed by atoms with Crippen molar-refractivity contribution in [1.82, 2.24) is 10.2 Å². The topological polar surface area (TPSA) is 15.3 Å². The number of piperidine rings is 1. The molecule has 3 atom stereocenters. The summed E-state index contributed by atoms with van der Waals surface area (Å²) >= 11 is 0. The zero-order chi connectivity index (χ0) is 14.9. The van der Waals surface area contributed by atoms with Crippen LogP contribution in [0.2, 0.25) is 0 Å². The predicted octanol–water partition coefficient (Wildman–Crippen LogP) is 4.06. The van der Waals surface area contributed by atoms with E-state index < -0.39 is 0 Å². The highest BCUT2D eigenvalue weighted by atomic mass is 15.2. The summed E-state index contributed by atoms with van der Waals surface area (Å²) in [7, 11) is 0. The van der Waals surface area contributed by atoms with E-state index in [0.717, 1.165) is 23.9 Å². The fraction of sp³-hybridized carbons (Fsp3) is 1.00. The molecule has 1 saturated heterocycles. The third kappa shape index (κ3) is 4.01. The van der Waals surface area contributed by atoms with Gasteiger partial charge in [0.25, 0.3) is 0 Å². The molecule has 0 spiro atoms. The molecule has 0 amide bonds. The molecular formula is C19H36N2. The van der Waals surface area contributed by atoms with E-state index in [1.54, 1.807) is 0 Å². The first-order valence-corrected chi connectivity index (χ1v) is 9.52. The molecule has 1 N–H and O–H groups in total. The van der Waals surface area contributed by atoms with Crippen molar-refractivity contribution < 1.29 is 0 Å². The molecule has 3 unspecified atom stereocenters. The van der Waals surface area contributed by atoms with Gasteiger partial charge >= 0.3 is 0 Å². The third-order valence-corrected chi connectivity index (χ3v) is 6.15. The van der Waals surface area contributed by atoms with Gasteiger partial charge < -0.3 is 5.32 Å². The lowest BCUT2D eigenvalue weighted by Gasteiger charge is -2.47. The van der Waals surface area contributed by atoms with Crippen molar-refractivity contribution in [1.29, 1.82) is 0 Å². The van der Waals surface area contributed by atoms with Crippen molar-refractivity contribution >= 4 is 0 Å². The minimum Gasteiger partial charge on any atom is -0.316 e. The summed E-state index contributed by atoms with van der Waals surface area (Å²) < 4.78 is 0. The van der Waals surface area contributed by atoms with Gasteiger partial charge in [-0.25, -0.2) is 0 Å². The van der Waals surface area contributed by atoms with Gasteiger partial charge in [-0.2, -0.15) is 0 Å². The molecule has 3 aliphatic rings. The Morgan fingerprint density at radius 2 is 1.71 bits per heavy atom. The lowest BCUT2D eigenvalue weighted by Crippen LogP contribution is -2.51. The molecule has 1 aliphatic heterocycles. The van der Waals surface area contributed by atoms with Crippen LogP contribution < -0.4 is 5.32 Å². The Hall–Kier alpha value is -0.0800. The van der Waals surface area contributed by atoms with Crippen molar-refractivity contribution in [2.75, 3.05) is 19.6 Å². The van der Waals surface area contributed by atoms with E-state index >= 15 is 0 Å². The second-order valence-corrected chi connectivity index (χ2v) is 8.96. The minimum absolute atomic E-state index is 0.475. The van der Waals surface area contributed by atoms with Gasteiger partial charge in [-0.3, -0.25) is 4.90 Å². The Balaban J connectivity index is 1.69. The number of hydrogen-bond donors (Lipinski definition) is 1. The molecule has 0 bridgehead atoms. The van der Waals surface area contributed by atoms with Crippen LogP contribution in [0, 0.1) is 17.3 Å². The van der Waals surface area contributed by atoms with Crippen molar-refractivity contribution in [3.05, 3.63) is 0 Å². The number of rotatable bonds is 4. The van der Waals surface area contributed by atoms with Crippen LogP contribution >= 0.6 is 0 Å². The molecule has 0 radical (unpaired) electrons. The largest absolute Gasteiger partial charge is 0.316 e. The van der Waals surface area contributed by atoms with Crippen LogP contribution in [-0.4, -0.2) is 36.6 Å². The summed E-state index contributed by atoms with van der Waals surface area (Å²) in [6.45, 7) is 11.3. The van der Waals surface area contributed by atoms with E-state index in [2.05, 4.69) is 31.0 Å². The summed E-state index contributed by atoms with van der Waals surface area (Å²) in [6, 6.07) is 1.80. The van der Waals surface area contributed by atoms with Gasteiger partial charge in [-0.05, 0) is 68.9 Å². The summed E-state index contributed by atoms with van der Waals surface area (Å²) in [6.07, 6.45) is 11.6. The molecule has 0 aromatic heterocycles. The van der Waals surface area contributed by atoms with Gasteiger partial charge in [0, 0.05) is 18.6 Å². The van der Waals surface area contributed by atoms with Gasteiger partial charge in [-0.1, -0.05) is 33.6 Å². The summed E-state index contributed by atoms with van der Waals surface area (Å²) in [5.74, 6) is 1.81. The summed E-state index contributed by atoms with van der Waals surface area (Å²) in [4.78, 5) is 2.98. The molecule has 21 heavy (non-hydrogen) atoms. The molecule has 2 heteroatoms. The van der Waals surface area contributed by atoms with E-state index in [4.69, 9.17) is 0 Å². The van der Waals surface area contributed by atoms with E-state index in [1.165, 1.54) is 71.0 Å². The second kappa shape index (κ2) is 6.58. The van der Waals surface area contributed by atoms with Crippen molar-refractivity contribution in [3.63, 3.8) is 0 Å². The Kier molecular flexibility index (Phi) is 4.95. The molecule has 2 aliphatic carbocycles. The van der Waals surface area contributed by atoms with Crippen LogP contribution in [0.25, 0.3) is 0 Å². The Morgan fingerprint density at radius 1 is 0.952 bits per heavy atom. The maximum Gasteiger partial charge on any atom is 0.0132 e. The van der Waals surface area contributed by atoms with Crippen molar-refractivity contribution in [3.8, 4) is 0 Å². The highest BCUT2D eigenvalue weighted by molar-refractivity contribution is 4.96. The fourth-order valence-electron chi connectivity index (χ4n) is 4.86. The molecule has 2 nitrogen and oxygen atoms in total. The minimum atomic E-state index is 0.475. The van der Waals surface area contributed by atoms with Crippen molar-refractivity contribution in [2.45, 2.75) is 84.2 Å². The Labute approximate surface area is 132 Å². The Morgan fingerprint density at radius 3 is 2.33 bits per heavy atom. The SMILES string of the molecule is CC(C)(C)C1CCCCC1N(CC1CCCNC1)C1CC1. The normalized spacial score (nSPS) is 35.1. The number of hydrogen-bond acceptors (Lipinski definition) is 2. The van der Waals surface area contributed by atoms with Crippen LogP contribution in [0.4, 0.5) is 0 Å². The zero-order valence-corrected chi connectivity index (χ0v) is 14.5. The van der Waals surface area contributed by atoms with Crippen molar-refractivity contribution in [2.24, 2.45) is 17.3 Å². The zero-order valence-electron chi connectivity index (χ0n) is 14.5. The Bertz CT molecular complexity index is 323. The third-order valence-electron chi connectivity index (χ3n) is 6.15. The average Bonchev–Trinajstić information content (AvgIpc) is 3.30. The van der Waals surface area contributed by atoms with E-state index in [-0.39, 0.29) is 0 Å². The molecule has 0 aromatic carbocycles. The van der Waals surface area contributed by atoms with Gasteiger partial charge in [0.15, 0.2) is 0 Å². The van der Waals surface area contributed by atoms with Gasteiger partial charge in [0.2, 0.25) is 0 Å². The molecule has 3 rings (SSSR count). The average molecular weight is 293 g/mol. The quantitative estimate of drug-likeness (QED) is 0.841. The van der Waals surface area contributed by atoms with Crippen LogP contribution in [-0.2, 0) is 0 Å². The standard InChI is InChI=1S/C19H36N2/c1-19(2,3)17-8-4-5-9-18(17)21(16-10-11-16)14-15-7-6-12-20-13-15/h15-18,20H,4-14H2,1-3H3. The highest BCUT2D eigenvalue weighted by Crippen LogP contribution is 2.44. The molecule has 3 fully saturated rings. The van der Waals surface area contributed by atoms with Gasteiger partial charge in [-0.15, -0.1) is 0 Å². The molecule has 122 valence electrons. The van der Waals surface area contributed by atoms with Crippen LogP contribution in [0.3, 0.4) is 0 Å². The van der Waals surface area contributed by atoms with E-state index in [1.807, 2.05) is 0 Å². The first kappa shape index (κ1) is 15.8. The van der Waals surface area contributed by atoms with Crippen LogP contribution in [0.5, 0.6) is 0 Å². The summed E-state index contributed by atoms with van der Waals surface area (Å²) in [5, 5.41) is 3.62. The molecule has 0 aromatic rings. The summed E-state index contributed by atoms with van der Waals surface area (Å²) in [5.41, 5.74) is 0.475. The van der Waals surface area contributed by atoms with Gasteiger partial charge in [0.05, 0.1) is 0 Å². The number of nitrogens with one attached hydrogen (secondary N) is 1. The van der Waals surface area contributed by atoms with E-state index in [9.17, 15) is 0 Å². The lowest BCUT2D eigenvalue weighted by molar-refractivity contribution is 0.0244. The van der Waals surface area contributed by atoms with E-state index in [0.29, 0.717) is 5.41 Å². The number of nitrogens with zero attached hydrogens (tertiary/aromatic N) is 1. The molecule has 2 saturated carbocycles. The smallest absolute Gasteiger partial charge is 0.0132 e. The first-order valence-electron chi connectivity index (χ1n) is 9.52. The molecule has 1 heterocycles. The monoisotopic (exact) mass is 292 g/mol. The predicted molar refractivity (Wildman–Crippen MR) is 90.5 cm³/mol. The fourth-order valence-corrected chi connectivity index (χ4v) is 4.86. The second-order valence-electron chi connectivity index (χ2n) is 8.96. The van der Waals surface area contributed by atoms with Crippen LogP contribution in [0.15, 0.2) is 0 Å². The first-order chi connectivity index (χ1) is 10.1. The lowest BCUT2D eigenvalue weighted by atomic mass is 9.69. The molecular weight excluding hydrogens is 256 g/mol. The highest BCUT2D eigenvalue weighted by Gasteiger charge is 2.42. The maximum absolute atomic E-state index is 3.62. The van der Waals surface area contributed by atoms with Crippen LogP contribution in [0.1, 0.15) is 72.1 Å². The maximum atomic E-state index is 3.62. The van der Waals surface area contributed by atoms with Gasteiger partial charge in [0.1, 0.15) is 0 Å².